The van der Waals surface area contributed by atoms with Crippen LogP contribution in [-0.2, 0) is 19.7 Å². The topological polar surface area (TPSA) is 75.7 Å². The molecule has 6 heteroatoms. The van der Waals surface area contributed by atoms with E-state index < -0.39 is 17.6 Å². The molecule has 2 aliphatic heterocycles. The molecule has 2 heterocycles. The van der Waals surface area contributed by atoms with E-state index in [1.807, 2.05) is 69.3 Å². The maximum atomic E-state index is 13.6. The molecule has 1 saturated heterocycles. The third kappa shape index (κ3) is 5.59. The predicted octanol–water partition coefficient (Wildman–Crippen LogP) is 4.74. The summed E-state index contributed by atoms with van der Waals surface area (Å²) >= 11 is 0. The summed E-state index contributed by atoms with van der Waals surface area (Å²) in [5, 5.41) is 3.00. The molecule has 0 aromatic heterocycles. The highest BCUT2D eigenvalue weighted by molar-refractivity contribution is 5.94. The Bertz CT molecular complexity index is 1110. The van der Waals surface area contributed by atoms with Crippen LogP contribution in [0.15, 0.2) is 72.5 Å². The first kappa shape index (κ1) is 27.3. The Morgan fingerprint density at radius 2 is 1.83 bits per heavy atom. The molecule has 6 nitrogen and oxygen atoms in total. The van der Waals surface area contributed by atoms with Crippen LogP contribution < -0.4 is 5.32 Å². The van der Waals surface area contributed by atoms with Crippen molar-refractivity contribution in [2.24, 2.45) is 11.8 Å². The maximum Gasteiger partial charge on any atom is 0.251 e. The molecule has 1 N–H and O–H groups in total. The largest absolute Gasteiger partial charge is 0.361 e. The summed E-state index contributed by atoms with van der Waals surface area (Å²) in [6.07, 6.45) is 9.58. The molecule has 1 fully saturated rings. The van der Waals surface area contributed by atoms with E-state index in [9.17, 15) is 14.4 Å². The van der Waals surface area contributed by atoms with Gasteiger partial charge >= 0.3 is 0 Å². The van der Waals surface area contributed by atoms with Gasteiger partial charge in [0.05, 0.1) is 25.1 Å². The van der Waals surface area contributed by atoms with Crippen LogP contribution in [-0.4, -0.2) is 47.8 Å². The van der Waals surface area contributed by atoms with Crippen molar-refractivity contribution in [2.45, 2.75) is 58.7 Å². The Labute approximate surface area is 214 Å². The molecule has 2 amide bonds. The maximum absolute atomic E-state index is 13.6. The first-order chi connectivity index (χ1) is 16.9. The molecule has 192 valence electrons. The van der Waals surface area contributed by atoms with Crippen LogP contribution in [0.2, 0.25) is 0 Å². The minimum absolute atomic E-state index is 0.0122. The summed E-state index contributed by atoms with van der Waals surface area (Å²) in [6.45, 7) is 16.0. The number of aldehydes is 1. The highest BCUT2D eigenvalue weighted by Gasteiger charge is 2.57. The first-order valence-electron chi connectivity index (χ1n) is 12.4. The number of hydrogen-bond donors (Lipinski definition) is 1. The number of carbonyl (C=O) groups excluding carboxylic acids is 3. The zero-order chi connectivity index (χ0) is 26.7. The highest BCUT2D eigenvalue weighted by atomic mass is 16.5. The highest BCUT2D eigenvalue weighted by Crippen LogP contribution is 2.47. The van der Waals surface area contributed by atoms with E-state index in [0.29, 0.717) is 11.3 Å². The van der Waals surface area contributed by atoms with Gasteiger partial charge in [-0.2, -0.15) is 0 Å². The number of fused-ring (bicyclic) bond motifs is 2. The summed E-state index contributed by atoms with van der Waals surface area (Å²) in [6, 6.07) is 7.62. The molecule has 2 aliphatic rings. The van der Waals surface area contributed by atoms with Gasteiger partial charge in [-0.15, -0.1) is 0 Å². The minimum atomic E-state index is -0.768. The molecule has 0 aliphatic carbocycles. The smallest absolute Gasteiger partial charge is 0.251 e. The van der Waals surface area contributed by atoms with Gasteiger partial charge in [-0.05, 0) is 43.0 Å². The predicted molar refractivity (Wildman–Crippen MR) is 142 cm³/mol. The van der Waals surface area contributed by atoms with Crippen LogP contribution in [0.25, 0.3) is 0 Å². The van der Waals surface area contributed by atoms with E-state index in [1.165, 1.54) is 4.90 Å². The Balaban J connectivity index is 1.73. The van der Waals surface area contributed by atoms with Gasteiger partial charge in [-0.3, -0.25) is 9.59 Å². The van der Waals surface area contributed by atoms with Crippen LogP contribution >= 0.6 is 0 Å². The summed E-state index contributed by atoms with van der Waals surface area (Å²) in [4.78, 5) is 39.3. The minimum Gasteiger partial charge on any atom is -0.361 e. The molecular formula is C30H38N2O4. The first-order valence-corrected chi connectivity index (χ1v) is 12.4. The molecule has 1 aromatic carbocycles. The molecule has 0 radical (unpaired) electrons. The second-order valence-corrected chi connectivity index (χ2v) is 10.8. The second-order valence-electron chi connectivity index (χ2n) is 10.8. The van der Waals surface area contributed by atoms with Gasteiger partial charge in [-0.1, -0.05) is 76.3 Å². The number of hydrogen-bond acceptors (Lipinski definition) is 4. The normalized spacial score (nSPS) is 25.6. The quantitative estimate of drug-likeness (QED) is 0.308. The Hall–Kier alpha value is -3.25. The number of nitrogens with one attached hydrogen (secondary N) is 1. The summed E-state index contributed by atoms with van der Waals surface area (Å²) < 4.78 is 6.27. The van der Waals surface area contributed by atoms with E-state index in [1.54, 1.807) is 6.08 Å². The molecule has 3 rings (SSSR count). The van der Waals surface area contributed by atoms with Crippen LogP contribution in [0, 0.1) is 11.8 Å². The van der Waals surface area contributed by atoms with Crippen molar-refractivity contribution in [2.75, 3.05) is 13.1 Å². The lowest BCUT2D eigenvalue weighted by molar-refractivity contribution is -0.136. The molecule has 0 saturated carbocycles. The van der Waals surface area contributed by atoms with Crippen molar-refractivity contribution >= 4 is 18.1 Å². The number of amides is 2. The van der Waals surface area contributed by atoms with Crippen LogP contribution in [0.4, 0.5) is 0 Å². The Morgan fingerprint density at radius 1 is 1.17 bits per heavy atom. The summed E-state index contributed by atoms with van der Waals surface area (Å²) in [5.74, 6) is -0.979. The Morgan fingerprint density at radius 3 is 2.42 bits per heavy atom. The van der Waals surface area contributed by atoms with Crippen molar-refractivity contribution in [3.63, 3.8) is 0 Å². The number of ether oxygens (including phenoxy) is 1. The molecule has 4 atom stereocenters. The van der Waals surface area contributed by atoms with Crippen molar-refractivity contribution in [3.8, 4) is 0 Å². The summed E-state index contributed by atoms with van der Waals surface area (Å²) in [5.41, 5.74) is 2.61. The fraction of sp³-hybridized carbons (Fsp3) is 0.433. The summed E-state index contributed by atoms with van der Waals surface area (Å²) in [7, 11) is 0. The Kier molecular flexibility index (Phi) is 8.19. The van der Waals surface area contributed by atoms with E-state index in [2.05, 4.69) is 32.7 Å². The standard InChI is InChI=1S/C30H38N2O4/c1-8-20(2)9-10-21(3)32(17-18-33)28(35)26-22(4)30(16-15-25(26)36-30)19-31-27(34)23-11-13-24(14-12-23)29(5,6)7/h8-16,18,22,25-26H,1,17,19H2,2-7H3,(H,31,34)/b20-9-,21-10+. The van der Waals surface area contributed by atoms with E-state index >= 15 is 0 Å². The van der Waals surface area contributed by atoms with E-state index in [0.717, 1.165) is 17.4 Å². The SMILES string of the molecule is C=C/C(C)=C\C=C(/C)N(CC=O)C(=O)C1C2C=CC(CNC(=O)c3ccc(C(C)(C)C)cc3)(O2)C1C. The van der Waals surface area contributed by atoms with Gasteiger partial charge in [0.15, 0.2) is 0 Å². The molecule has 0 spiro atoms. The number of rotatable bonds is 9. The van der Waals surface area contributed by atoms with Crippen molar-refractivity contribution in [1.29, 1.82) is 0 Å². The number of carbonyl (C=O) groups is 3. The average molecular weight is 491 g/mol. The van der Waals surface area contributed by atoms with Gasteiger partial charge in [0.25, 0.3) is 5.91 Å². The van der Waals surface area contributed by atoms with Crippen molar-refractivity contribution < 1.29 is 19.1 Å². The lowest BCUT2D eigenvalue weighted by Gasteiger charge is -2.33. The van der Waals surface area contributed by atoms with Crippen LogP contribution in [0.3, 0.4) is 0 Å². The third-order valence-electron chi connectivity index (χ3n) is 7.27. The van der Waals surface area contributed by atoms with E-state index in [-0.39, 0.29) is 36.2 Å². The number of benzene rings is 1. The monoisotopic (exact) mass is 490 g/mol. The van der Waals surface area contributed by atoms with Crippen molar-refractivity contribution in [3.05, 3.63) is 83.6 Å². The lowest BCUT2D eigenvalue weighted by atomic mass is 9.75. The number of nitrogens with zero attached hydrogens (tertiary/aromatic N) is 1. The number of allylic oxidation sites excluding steroid dienone is 5. The van der Waals surface area contributed by atoms with Crippen molar-refractivity contribution in [1.82, 2.24) is 10.2 Å². The molecule has 4 unspecified atom stereocenters. The average Bonchev–Trinajstić information content (AvgIpc) is 3.39. The molecule has 36 heavy (non-hydrogen) atoms. The molecular weight excluding hydrogens is 452 g/mol. The molecule has 1 aromatic rings. The van der Waals surface area contributed by atoms with Gasteiger partial charge in [0.2, 0.25) is 5.91 Å². The zero-order valence-corrected chi connectivity index (χ0v) is 22.2. The fourth-order valence-corrected chi connectivity index (χ4v) is 4.76. The van der Waals surface area contributed by atoms with E-state index in [4.69, 9.17) is 4.74 Å². The third-order valence-corrected chi connectivity index (χ3v) is 7.27. The van der Waals surface area contributed by atoms with Gasteiger partial charge in [0.1, 0.15) is 11.9 Å². The fourth-order valence-electron chi connectivity index (χ4n) is 4.76. The van der Waals surface area contributed by atoms with Crippen LogP contribution in [0.1, 0.15) is 57.5 Å². The van der Waals surface area contributed by atoms with Gasteiger partial charge < -0.3 is 19.7 Å². The zero-order valence-electron chi connectivity index (χ0n) is 22.2. The van der Waals surface area contributed by atoms with Gasteiger partial charge in [0, 0.05) is 17.2 Å². The lowest BCUT2D eigenvalue weighted by Crippen LogP contribution is -2.48. The van der Waals surface area contributed by atoms with Crippen LogP contribution in [0.5, 0.6) is 0 Å². The molecule has 2 bridgehead atoms. The van der Waals surface area contributed by atoms with Gasteiger partial charge in [-0.25, -0.2) is 0 Å². The second kappa shape index (κ2) is 10.8.